The zero-order valence-corrected chi connectivity index (χ0v) is 18.5. The van der Waals surface area contributed by atoms with Crippen molar-refractivity contribution < 1.29 is 8.94 Å². The molecule has 0 saturated carbocycles. The van der Waals surface area contributed by atoms with Crippen LogP contribution in [0.3, 0.4) is 0 Å². The monoisotopic (exact) mass is 439 g/mol. The van der Waals surface area contributed by atoms with Crippen LogP contribution in [-0.4, -0.2) is 29.9 Å². The molecule has 0 bridgehead atoms. The number of hydrogen-bond acceptors (Lipinski definition) is 5. The molecule has 7 nitrogen and oxygen atoms in total. The molecule has 0 spiro atoms. The van der Waals surface area contributed by atoms with Gasteiger partial charge in [-0.1, -0.05) is 12.1 Å². The van der Waals surface area contributed by atoms with Crippen molar-refractivity contribution in [2.45, 2.75) is 20.4 Å². The molecule has 3 aromatic heterocycles. The maximum atomic E-state index is 13.3. The van der Waals surface area contributed by atoms with Crippen LogP contribution in [0, 0.1) is 19.7 Å². The standard InChI is InChI=1S/C22H22FN5O2S/c1-13-9-16(12-27(3)22(13)29)18-10-19-20(21(25-18)26-31(4)30)24-14(2)28(19)11-15-5-7-17(23)8-6-15/h5-10,12H,11H2,1-4H3,(H,25,26)/t31-/m0/s1. The number of anilines is 1. The van der Waals surface area contributed by atoms with Crippen LogP contribution in [0.15, 0.2) is 47.4 Å². The summed E-state index contributed by atoms with van der Waals surface area (Å²) in [6.07, 6.45) is 3.25. The van der Waals surface area contributed by atoms with Gasteiger partial charge in [0.05, 0.1) is 22.6 Å². The predicted molar refractivity (Wildman–Crippen MR) is 121 cm³/mol. The number of hydrogen-bond donors (Lipinski definition) is 1. The van der Waals surface area contributed by atoms with Crippen molar-refractivity contribution >= 4 is 28.2 Å². The summed E-state index contributed by atoms with van der Waals surface area (Å²) in [5.74, 6) is 0.866. The molecule has 9 heteroatoms. The number of aromatic nitrogens is 4. The minimum atomic E-state index is -1.35. The molecule has 0 unspecified atom stereocenters. The van der Waals surface area contributed by atoms with Crippen LogP contribution in [0.25, 0.3) is 22.3 Å². The summed E-state index contributed by atoms with van der Waals surface area (Å²) in [5, 5.41) is 0. The van der Waals surface area contributed by atoms with Gasteiger partial charge in [-0.25, -0.2) is 14.4 Å². The van der Waals surface area contributed by atoms with Gasteiger partial charge < -0.3 is 13.7 Å². The number of fused-ring (bicyclic) bond motifs is 1. The van der Waals surface area contributed by atoms with E-state index in [0.29, 0.717) is 29.1 Å². The van der Waals surface area contributed by atoms with Crippen molar-refractivity contribution in [3.8, 4) is 11.3 Å². The van der Waals surface area contributed by atoms with E-state index < -0.39 is 11.4 Å². The summed E-state index contributed by atoms with van der Waals surface area (Å²) in [4.78, 5) is 21.4. The van der Waals surface area contributed by atoms with E-state index in [2.05, 4.69) is 14.7 Å². The zero-order valence-electron chi connectivity index (χ0n) is 17.6. The molecule has 0 radical (unpaired) electrons. The van der Waals surface area contributed by atoms with Crippen LogP contribution in [0.5, 0.6) is 0 Å². The van der Waals surface area contributed by atoms with Gasteiger partial charge in [0.15, 0.2) is 5.82 Å². The third kappa shape index (κ3) is 4.19. The van der Waals surface area contributed by atoms with Gasteiger partial charge in [-0.15, -0.1) is 0 Å². The van der Waals surface area contributed by atoms with Gasteiger partial charge in [0, 0.05) is 30.9 Å². The van der Waals surface area contributed by atoms with E-state index in [9.17, 15) is 13.7 Å². The highest BCUT2D eigenvalue weighted by Crippen LogP contribution is 2.29. The first-order valence-electron chi connectivity index (χ1n) is 9.63. The van der Waals surface area contributed by atoms with Gasteiger partial charge in [-0.2, -0.15) is 4.72 Å². The van der Waals surface area contributed by atoms with E-state index in [1.807, 2.05) is 17.6 Å². The van der Waals surface area contributed by atoms with Crippen molar-refractivity contribution in [1.29, 1.82) is 0 Å². The van der Waals surface area contributed by atoms with Gasteiger partial charge in [0.2, 0.25) is 0 Å². The number of nitrogens with zero attached hydrogens (tertiary/aromatic N) is 4. The third-order valence-corrected chi connectivity index (χ3v) is 5.56. The summed E-state index contributed by atoms with van der Waals surface area (Å²) in [7, 11) is 1.69. The highest BCUT2D eigenvalue weighted by atomic mass is 32.2. The van der Waals surface area contributed by atoms with Gasteiger partial charge >= 0.3 is 0 Å². The summed E-state index contributed by atoms with van der Waals surface area (Å²) in [6.45, 7) is 4.13. The average molecular weight is 440 g/mol. The smallest absolute Gasteiger partial charge is 0.253 e. The molecule has 31 heavy (non-hydrogen) atoms. The van der Waals surface area contributed by atoms with E-state index >= 15 is 0 Å². The van der Waals surface area contributed by atoms with E-state index in [1.54, 1.807) is 38.4 Å². The Morgan fingerprint density at radius 3 is 2.52 bits per heavy atom. The fourth-order valence-corrected chi connectivity index (χ4v) is 4.00. The lowest BCUT2D eigenvalue weighted by Crippen LogP contribution is -2.18. The van der Waals surface area contributed by atoms with Crippen molar-refractivity contribution in [1.82, 2.24) is 19.1 Å². The van der Waals surface area contributed by atoms with Crippen LogP contribution >= 0.6 is 0 Å². The minimum absolute atomic E-state index is 0.0740. The molecule has 1 aromatic carbocycles. The number of nitrogens with one attached hydrogen (secondary N) is 1. The van der Waals surface area contributed by atoms with Crippen molar-refractivity contribution in [2.24, 2.45) is 7.05 Å². The molecule has 160 valence electrons. The second-order valence-electron chi connectivity index (χ2n) is 7.48. The van der Waals surface area contributed by atoms with Crippen molar-refractivity contribution in [3.05, 3.63) is 75.7 Å². The lowest BCUT2D eigenvalue weighted by Gasteiger charge is -2.12. The average Bonchev–Trinajstić information content (AvgIpc) is 3.02. The molecule has 4 rings (SSSR count). The quantitative estimate of drug-likeness (QED) is 0.482. The Morgan fingerprint density at radius 2 is 1.87 bits per heavy atom. The first-order valence-corrected chi connectivity index (χ1v) is 11.2. The van der Waals surface area contributed by atoms with Crippen LogP contribution in [0.2, 0.25) is 0 Å². The number of pyridine rings is 2. The minimum Gasteiger partial charge on any atom is -0.593 e. The number of aryl methyl sites for hydroxylation is 3. The number of imidazole rings is 1. The van der Waals surface area contributed by atoms with Crippen LogP contribution in [0.1, 0.15) is 17.0 Å². The SMILES string of the molecule is Cc1cc(-c2cc3c(nc(C)n3Cc3ccc(F)cc3)c(N[S@+](C)[O-])n2)cn(C)c1=O. The summed E-state index contributed by atoms with van der Waals surface area (Å²) < 4.78 is 31.6. The first kappa shape index (κ1) is 21.1. The van der Waals surface area contributed by atoms with Crippen LogP contribution < -0.4 is 10.3 Å². The molecule has 0 aliphatic carbocycles. The second-order valence-corrected chi connectivity index (χ2v) is 8.59. The normalized spacial score (nSPS) is 12.3. The fraction of sp³-hybridized carbons (Fsp3) is 0.227. The van der Waals surface area contributed by atoms with Gasteiger partial charge in [-0.05, 0) is 43.7 Å². The summed E-state index contributed by atoms with van der Waals surface area (Å²) in [5.41, 5.74) is 4.24. The molecule has 0 aliphatic heterocycles. The Kier molecular flexibility index (Phi) is 5.55. The highest BCUT2D eigenvalue weighted by molar-refractivity contribution is 7.92. The molecule has 4 aromatic rings. The second kappa shape index (κ2) is 8.16. The Hall–Kier alpha value is -3.17. The number of rotatable bonds is 5. The zero-order chi connectivity index (χ0) is 22.3. The van der Waals surface area contributed by atoms with Gasteiger partial charge in [0.1, 0.15) is 23.4 Å². The van der Waals surface area contributed by atoms with Gasteiger partial charge in [0.25, 0.3) is 5.56 Å². The molecule has 0 amide bonds. The van der Waals surface area contributed by atoms with Crippen molar-refractivity contribution in [3.63, 3.8) is 0 Å². The van der Waals surface area contributed by atoms with E-state index in [-0.39, 0.29) is 11.4 Å². The molecule has 1 N–H and O–H groups in total. The van der Waals surface area contributed by atoms with E-state index in [1.165, 1.54) is 23.0 Å². The van der Waals surface area contributed by atoms with Crippen LogP contribution in [-0.2, 0) is 25.0 Å². The van der Waals surface area contributed by atoms with E-state index in [4.69, 9.17) is 0 Å². The molecule has 0 saturated heterocycles. The predicted octanol–water partition coefficient (Wildman–Crippen LogP) is 3.31. The third-order valence-electron chi connectivity index (χ3n) is 5.08. The molecule has 3 heterocycles. The molecular weight excluding hydrogens is 417 g/mol. The van der Waals surface area contributed by atoms with E-state index in [0.717, 1.165) is 22.5 Å². The molecule has 1 atom stereocenters. The van der Waals surface area contributed by atoms with Crippen LogP contribution in [0.4, 0.5) is 10.2 Å². The lowest BCUT2D eigenvalue weighted by molar-refractivity contribution is 0.605. The topological polar surface area (TPSA) is 87.8 Å². The maximum Gasteiger partial charge on any atom is 0.253 e. The molecular formula is C22H22FN5O2S. The molecule has 0 fully saturated rings. The lowest BCUT2D eigenvalue weighted by atomic mass is 10.1. The number of benzene rings is 1. The Morgan fingerprint density at radius 1 is 1.16 bits per heavy atom. The number of halogens is 1. The Labute approximate surface area is 181 Å². The van der Waals surface area contributed by atoms with Gasteiger partial charge in [-0.3, -0.25) is 4.79 Å². The summed E-state index contributed by atoms with van der Waals surface area (Å²) >= 11 is -1.35. The molecule has 0 aliphatic rings. The highest BCUT2D eigenvalue weighted by Gasteiger charge is 2.18. The summed E-state index contributed by atoms with van der Waals surface area (Å²) in [6, 6.07) is 10.0. The Bertz CT molecular complexity index is 1300. The first-order chi connectivity index (χ1) is 14.7. The van der Waals surface area contributed by atoms with Crippen molar-refractivity contribution in [2.75, 3.05) is 11.0 Å². The largest absolute Gasteiger partial charge is 0.593 e. The maximum absolute atomic E-state index is 13.3. The Balaban J connectivity index is 1.92. The fourth-order valence-electron chi connectivity index (χ4n) is 3.58.